The maximum atomic E-state index is 12.9. The molecule has 2 saturated carbocycles. The van der Waals surface area contributed by atoms with Crippen LogP contribution < -0.4 is 16.0 Å². The summed E-state index contributed by atoms with van der Waals surface area (Å²) in [4.78, 5) is 30.6. The highest BCUT2D eigenvalue weighted by atomic mass is 35.5. The zero-order valence-electron chi connectivity index (χ0n) is 17.7. The second kappa shape index (κ2) is 10.0. The maximum absolute atomic E-state index is 12.9. The molecule has 1 heterocycles. The largest absolute Gasteiger partial charge is 0.376 e. The second-order valence-electron chi connectivity index (χ2n) is 8.63. The summed E-state index contributed by atoms with van der Waals surface area (Å²) >= 11 is 7.40. The Morgan fingerprint density at radius 2 is 2.00 bits per heavy atom. The molecule has 2 aromatic rings. The monoisotopic (exact) mass is 460 g/mol. The van der Waals surface area contributed by atoms with E-state index >= 15 is 0 Å². The van der Waals surface area contributed by atoms with Gasteiger partial charge in [-0.2, -0.15) is 0 Å². The molecule has 2 fully saturated rings. The zero-order chi connectivity index (χ0) is 21.8. The number of carbonyl (C=O) groups is 2. The number of benzene rings is 1. The Bertz CT molecular complexity index is 924. The standard InChI is InChI=1S/C23H29ClN4O2S/c1-14(26-18-8-4-7-16(24)12-18)23-25-13-20(31-23)22(30)28-19(11-15-5-2-3-6-15)21(29)27-17-9-10-17/h4,7-8,12-15,17,19,26H,2-3,5-6,9-11H2,1H3,(H,27,29)(H,28,30). The van der Waals surface area contributed by atoms with E-state index in [1.54, 1.807) is 6.20 Å². The Hall–Kier alpha value is -2.12. The fourth-order valence-electron chi connectivity index (χ4n) is 4.05. The highest BCUT2D eigenvalue weighted by Crippen LogP contribution is 2.30. The number of hydrogen-bond donors (Lipinski definition) is 3. The second-order valence-corrected chi connectivity index (χ2v) is 10.1. The summed E-state index contributed by atoms with van der Waals surface area (Å²) in [7, 11) is 0. The van der Waals surface area contributed by atoms with Crippen molar-refractivity contribution in [3.63, 3.8) is 0 Å². The first kappa shape index (κ1) is 22.1. The average molecular weight is 461 g/mol. The molecule has 166 valence electrons. The van der Waals surface area contributed by atoms with Crippen LogP contribution in [0.3, 0.4) is 0 Å². The van der Waals surface area contributed by atoms with E-state index in [0.717, 1.165) is 36.4 Å². The minimum absolute atomic E-state index is 0.0523. The van der Waals surface area contributed by atoms with E-state index in [0.29, 0.717) is 22.2 Å². The van der Waals surface area contributed by atoms with E-state index in [4.69, 9.17) is 11.6 Å². The van der Waals surface area contributed by atoms with Crippen LogP contribution in [0.4, 0.5) is 5.69 Å². The first-order chi connectivity index (χ1) is 15.0. The third kappa shape index (κ3) is 6.20. The van der Waals surface area contributed by atoms with Crippen LogP contribution in [0.25, 0.3) is 0 Å². The van der Waals surface area contributed by atoms with Crippen molar-refractivity contribution < 1.29 is 9.59 Å². The van der Waals surface area contributed by atoms with Crippen molar-refractivity contribution >= 4 is 40.4 Å². The topological polar surface area (TPSA) is 83.1 Å². The summed E-state index contributed by atoms with van der Waals surface area (Å²) in [6, 6.07) is 7.23. The highest BCUT2D eigenvalue weighted by molar-refractivity contribution is 7.13. The molecular formula is C23H29ClN4O2S. The van der Waals surface area contributed by atoms with E-state index in [2.05, 4.69) is 20.9 Å². The van der Waals surface area contributed by atoms with Crippen LogP contribution in [0.15, 0.2) is 30.5 Å². The zero-order valence-corrected chi connectivity index (χ0v) is 19.3. The highest BCUT2D eigenvalue weighted by Gasteiger charge is 2.31. The van der Waals surface area contributed by atoms with E-state index in [9.17, 15) is 9.59 Å². The minimum Gasteiger partial charge on any atom is -0.376 e. The molecule has 8 heteroatoms. The number of thiazole rings is 1. The summed E-state index contributed by atoms with van der Waals surface area (Å²) in [5, 5.41) is 10.9. The number of aromatic nitrogens is 1. The lowest BCUT2D eigenvalue weighted by Gasteiger charge is -2.21. The number of amides is 2. The molecule has 0 saturated heterocycles. The average Bonchev–Trinajstić information content (AvgIpc) is 3.19. The van der Waals surface area contributed by atoms with Gasteiger partial charge >= 0.3 is 0 Å². The van der Waals surface area contributed by atoms with E-state index in [-0.39, 0.29) is 23.9 Å². The van der Waals surface area contributed by atoms with Crippen LogP contribution in [0.2, 0.25) is 5.02 Å². The van der Waals surface area contributed by atoms with Crippen molar-refractivity contribution in [1.82, 2.24) is 15.6 Å². The minimum atomic E-state index is -0.483. The van der Waals surface area contributed by atoms with Gasteiger partial charge in [0.25, 0.3) is 5.91 Å². The smallest absolute Gasteiger partial charge is 0.263 e. The van der Waals surface area contributed by atoms with Crippen LogP contribution in [0.1, 0.15) is 72.6 Å². The first-order valence-corrected chi connectivity index (χ1v) is 12.3. The number of halogens is 1. The van der Waals surface area contributed by atoms with Gasteiger partial charge in [0.1, 0.15) is 15.9 Å². The molecule has 2 amide bonds. The predicted octanol–water partition coefficient (Wildman–Crippen LogP) is 4.93. The lowest BCUT2D eigenvalue weighted by atomic mass is 9.97. The number of nitrogens with zero attached hydrogens (tertiary/aromatic N) is 1. The van der Waals surface area contributed by atoms with Gasteiger partial charge in [0.2, 0.25) is 5.91 Å². The van der Waals surface area contributed by atoms with Gasteiger partial charge in [-0.05, 0) is 50.3 Å². The fourth-order valence-corrected chi connectivity index (χ4v) is 5.07. The quantitative estimate of drug-likeness (QED) is 0.495. The van der Waals surface area contributed by atoms with E-state index in [1.165, 1.54) is 24.2 Å². The first-order valence-electron chi connectivity index (χ1n) is 11.1. The Kier molecular flexibility index (Phi) is 7.13. The van der Waals surface area contributed by atoms with Gasteiger partial charge in [-0.15, -0.1) is 11.3 Å². The molecule has 2 aliphatic rings. The molecule has 3 N–H and O–H groups in total. The van der Waals surface area contributed by atoms with Crippen LogP contribution >= 0.6 is 22.9 Å². The van der Waals surface area contributed by atoms with Gasteiger partial charge in [-0.25, -0.2) is 4.98 Å². The van der Waals surface area contributed by atoms with Crippen LogP contribution in [0.5, 0.6) is 0 Å². The van der Waals surface area contributed by atoms with Crippen molar-refractivity contribution in [1.29, 1.82) is 0 Å². The Labute approximate surface area is 192 Å². The SMILES string of the molecule is CC(Nc1cccc(Cl)c1)c1ncc(C(=O)NC(CC2CCCC2)C(=O)NC2CC2)s1. The molecule has 1 aromatic carbocycles. The number of rotatable bonds is 9. The molecule has 0 radical (unpaired) electrons. The van der Waals surface area contributed by atoms with Crippen molar-refractivity contribution in [2.24, 2.45) is 5.92 Å². The van der Waals surface area contributed by atoms with Crippen LogP contribution in [0, 0.1) is 5.92 Å². The van der Waals surface area contributed by atoms with Crippen molar-refractivity contribution in [2.75, 3.05) is 5.32 Å². The van der Waals surface area contributed by atoms with Crippen molar-refractivity contribution in [2.45, 2.75) is 70.0 Å². The summed E-state index contributed by atoms with van der Waals surface area (Å²) in [5.41, 5.74) is 0.898. The molecule has 2 aliphatic carbocycles. The molecular weight excluding hydrogens is 432 g/mol. The van der Waals surface area contributed by atoms with Gasteiger partial charge in [0.15, 0.2) is 0 Å². The van der Waals surface area contributed by atoms with Crippen LogP contribution in [-0.2, 0) is 4.79 Å². The van der Waals surface area contributed by atoms with E-state index < -0.39 is 6.04 Å². The van der Waals surface area contributed by atoms with Gasteiger partial charge in [-0.1, -0.05) is 43.4 Å². The molecule has 2 atom stereocenters. The molecule has 6 nitrogen and oxygen atoms in total. The van der Waals surface area contributed by atoms with E-state index in [1.807, 2.05) is 31.2 Å². The Morgan fingerprint density at radius 1 is 1.23 bits per heavy atom. The summed E-state index contributed by atoms with van der Waals surface area (Å²) in [5.74, 6) is 0.227. The third-order valence-electron chi connectivity index (χ3n) is 5.91. The maximum Gasteiger partial charge on any atom is 0.263 e. The van der Waals surface area contributed by atoms with Crippen molar-refractivity contribution in [3.8, 4) is 0 Å². The number of anilines is 1. The lowest BCUT2D eigenvalue weighted by molar-refractivity contribution is -0.123. The van der Waals surface area contributed by atoms with Gasteiger partial charge in [0, 0.05) is 16.8 Å². The predicted molar refractivity (Wildman–Crippen MR) is 125 cm³/mol. The van der Waals surface area contributed by atoms with Gasteiger partial charge in [0.05, 0.1) is 12.2 Å². The van der Waals surface area contributed by atoms with Gasteiger partial charge in [-0.3, -0.25) is 9.59 Å². The normalized spacial score (nSPS) is 18.4. The molecule has 2 unspecified atom stereocenters. The molecule has 1 aromatic heterocycles. The molecule has 0 spiro atoms. The summed E-state index contributed by atoms with van der Waals surface area (Å²) in [6.45, 7) is 1.99. The third-order valence-corrected chi connectivity index (χ3v) is 7.33. The molecule has 0 aliphatic heterocycles. The summed E-state index contributed by atoms with van der Waals surface area (Å²) < 4.78 is 0. The lowest BCUT2D eigenvalue weighted by Crippen LogP contribution is -2.48. The molecule has 0 bridgehead atoms. The Morgan fingerprint density at radius 3 is 2.71 bits per heavy atom. The molecule has 31 heavy (non-hydrogen) atoms. The van der Waals surface area contributed by atoms with Crippen LogP contribution in [-0.4, -0.2) is 28.9 Å². The number of carbonyl (C=O) groups excluding carboxylic acids is 2. The van der Waals surface area contributed by atoms with Crippen molar-refractivity contribution in [3.05, 3.63) is 45.4 Å². The molecule has 4 rings (SSSR count). The number of nitrogens with one attached hydrogen (secondary N) is 3. The number of hydrogen-bond acceptors (Lipinski definition) is 5. The fraction of sp³-hybridized carbons (Fsp3) is 0.522. The Balaban J connectivity index is 1.38. The van der Waals surface area contributed by atoms with Gasteiger partial charge < -0.3 is 16.0 Å². The summed E-state index contributed by atoms with van der Waals surface area (Å²) in [6.07, 6.45) is 9.08.